The average Bonchev–Trinajstić information content (AvgIpc) is 2.42. The largest absolute Gasteiger partial charge is 0.497 e. The predicted molar refractivity (Wildman–Crippen MR) is 77.8 cm³/mol. The number of hydrogen-bond acceptors (Lipinski definition) is 1. The van der Waals surface area contributed by atoms with E-state index in [4.69, 9.17) is 4.74 Å². The molecular formula is C14H10Br2F2O. The van der Waals surface area contributed by atoms with Crippen molar-refractivity contribution in [2.24, 2.45) is 0 Å². The summed E-state index contributed by atoms with van der Waals surface area (Å²) >= 11 is 6.34. The summed E-state index contributed by atoms with van der Waals surface area (Å²) in [5.41, 5.74) is 1.08. The molecule has 1 unspecified atom stereocenters. The molecule has 2 aromatic carbocycles. The van der Waals surface area contributed by atoms with Crippen LogP contribution in [-0.4, -0.2) is 7.11 Å². The Morgan fingerprint density at radius 2 is 1.68 bits per heavy atom. The van der Waals surface area contributed by atoms with Gasteiger partial charge in [-0.3, -0.25) is 0 Å². The Morgan fingerprint density at radius 1 is 1.05 bits per heavy atom. The molecule has 0 aliphatic heterocycles. The Morgan fingerprint density at radius 3 is 2.26 bits per heavy atom. The van der Waals surface area contributed by atoms with Crippen LogP contribution < -0.4 is 4.74 Å². The number of hydrogen-bond donors (Lipinski definition) is 0. The first kappa shape index (κ1) is 14.5. The topological polar surface area (TPSA) is 9.23 Å². The van der Waals surface area contributed by atoms with E-state index >= 15 is 0 Å². The van der Waals surface area contributed by atoms with Crippen LogP contribution in [0.5, 0.6) is 5.75 Å². The Bertz CT molecular complexity index is 585. The second-order valence-electron chi connectivity index (χ2n) is 3.92. The maximum atomic E-state index is 13.9. The third-order valence-electron chi connectivity index (χ3n) is 2.72. The Hall–Kier alpha value is -0.940. The van der Waals surface area contributed by atoms with Crippen LogP contribution in [0.4, 0.5) is 8.78 Å². The van der Waals surface area contributed by atoms with Crippen molar-refractivity contribution >= 4 is 31.9 Å². The molecule has 2 rings (SSSR count). The van der Waals surface area contributed by atoms with Gasteiger partial charge in [0.05, 0.1) is 16.4 Å². The molecule has 100 valence electrons. The summed E-state index contributed by atoms with van der Waals surface area (Å²) in [7, 11) is 1.57. The van der Waals surface area contributed by atoms with Crippen molar-refractivity contribution in [1.82, 2.24) is 0 Å². The van der Waals surface area contributed by atoms with Crippen molar-refractivity contribution in [2.75, 3.05) is 7.11 Å². The number of benzene rings is 2. The molecule has 0 saturated carbocycles. The molecule has 0 fully saturated rings. The molecule has 19 heavy (non-hydrogen) atoms. The number of halogens is 4. The van der Waals surface area contributed by atoms with E-state index in [1.165, 1.54) is 6.07 Å². The van der Waals surface area contributed by atoms with Crippen molar-refractivity contribution < 1.29 is 13.5 Å². The van der Waals surface area contributed by atoms with E-state index < -0.39 is 16.5 Å². The Kier molecular flexibility index (Phi) is 4.58. The fourth-order valence-electron chi connectivity index (χ4n) is 1.68. The number of alkyl halides is 1. The van der Waals surface area contributed by atoms with Gasteiger partial charge in [0.25, 0.3) is 0 Å². The highest BCUT2D eigenvalue weighted by Crippen LogP contribution is 2.35. The zero-order valence-corrected chi connectivity index (χ0v) is 13.1. The van der Waals surface area contributed by atoms with Gasteiger partial charge in [-0.1, -0.05) is 28.1 Å². The summed E-state index contributed by atoms with van der Waals surface area (Å²) in [5, 5.41) is 0. The molecule has 1 nitrogen and oxygen atoms in total. The highest BCUT2D eigenvalue weighted by Gasteiger charge is 2.17. The quantitative estimate of drug-likeness (QED) is 0.514. The summed E-state index contributed by atoms with van der Waals surface area (Å²) in [6.45, 7) is 0. The third-order valence-corrected chi connectivity index (χ3v) is 4.35. The molecule has 0 N–H and O–H groups in total. The van der Waals surface area contributed by atoms with Crippen molar-refractivity contribution in [3.63, 3.8) is 0 Å². The van der Waals surface area contributed by atoms with E-state index in [9.17, 15) is 8.78 Å². The van der Waals surface area contributed by atoms with Gasteiger partial charge in [0.15, 0.2) is 0 Å². The second kappa shape index (κ2) is 6.01. The summed E-state index contributed by atoms with van der Waals surface area (Å²) in [5.74, 6) is -0.244. The van der Waals surface area contributed by atoms with Crippen LogP contribution in [-0.2, 0) is 0 Å². The Balaban J connectivity index is 2.37. The first-order valence-electron chi connectivity index (χ1n) is 5.45. The average molecular weight is 392 g/mol. The molecule has 0 aliphatic rings. The van der Waals surface area contributed by atoms with E-state index in [1.54, 1.807) is 31.4 Å². The monoisotopic (exact) mass is 390 g/mol. The standard InChI is InChI=1S/C14H10Br2F2O/c1-19-9-4-2-8(3-5-9)14(16)10-6-13(18)11(15)7-12(10)17/h2-7,14H,1H3. The lowest BCUT2D eigenvalue weighted by molar-refractivity contribution is 0.414. The van der Waals surface area contributed by atoms with Gasteiger partial charge in [-0.2, -0.15) is 0 Å². The maximum absolute atomic E-state index is 13.9. The van der Waals surface area contributed by atoms with E-state index in [0.29, 0.717) is 5.75 Å². The van der Waals surface area contributed by atoms with Gasteiger partial charge in [0, 0.05) is 5.56 Å². The molecule has 0 aromatic heterocycles. The van der Waals surface area contributed by atoms with Crippen LogP contribution in [0.25, 0.3) is 0 Å². The van der Waals surface area contributed by atoms with Crippen molar-refractivity contribution in [2.45, 2.75) is 4.83 Å². The summed E-state index contributed by atoms with van der Waals surface area (Å²) < 4.78 is 32.5. The lowest BCUT2D eigenvalue weighted by Crippen LogP contribution is -1.98. The summed E-state index contributed by atoms with van der Waals surface area (Å²) in [4.78, 5) is -0.416. The molecule has 0 radical (unpaired) electrons. The lowest BCUT2D eigenvalue weighted by Gasteiger charge is -2.13. The minimum absolute atomic E-state index is 0.114. The van der Waals surface area contributed by atoms with Crippen molar-refractivity contribution in [3.05, 3.63) is 63.6 Å². The van der Waals surface area contributed by atoms with Crippen molar-refractivity contribution in [1.29, 1.82) is 0 Å². The van der Waals surface area contributed by atoms with Crippen LogP contribution in [0, 0.1) is 11.6 Å². The number of rotatable bonds is 3. The minimum atomic E-state index is -0.491. The summed E-state index contributed by atoms with van der Waals surface area (Å²) in [6, 6.07) is 9.47. The lowest BCUT2D eigenvalue weighted by atomic mass is 10.0. The van der Waals surface area contributed by atoms with E-state index in [0.717, 1.165) is 11.6 Å². The smallest absolute Gasteiger partial charge is 0.137 e. The Labute approximate surface area is 126 Å². The van der Waals surface area contributed by atoms with Gasteiger partial charge in [-0.15, -0.1) is 0 Å². The van der Waals surface area contributed by atoms with Gasteiger partial charge < -0.3 is 4.74 Å². The van der Waals surface area contributed by atoms with Crippen LogP contribution in [0.2, 0.25) is 0 Å². The molecule has 0 saturated heterocycles. The maximum Gasteiger partial charge on any atom is 0.137 e. The van der Waals surface area contributed by atoms with Crippen LogP contribution >= 0.6 is 31.9 Å². The third kappa shape index (κ3) is 3.15. The minimum Gasteiger partial charge on any atom is -0.497 e. The van der Waals surface area contributed by atoms with Crippen molar-refractivity contribution in [3.8, 4) is 5.75 Å². The molecule has 0 spiro atoms. The number of ether oxygens (including phenoxy) is 1. The van der Waals surface area contributed by atoms with E-state index in [-0.39, 0.29) is 10.0 Å². The van der Waals surface area contributed by atoms with Gasteiger partial charge in [0.2, 0.25) is 0 Å². The molecule has 0 heterocycles. The molecule has 5 heteroatoms. The van der Waals surface area contributed by atoms with Gasteiger partial charge in [0.1, 0.15) is 17.4 Å². The fourth-order valence-corrected chi connectivity index (χ4v) is 2.66. The van der Waals surface area contributed by atoms with Crippen LogP contribution in [0.15, 0.2) is 40.9 Å². The molecule has 1 atom stereocenters. The SMILES string of the molecule is COc1ccc(C(Br)c2cc(F)c(Br)cc2F)cc1. The highest BCUT2D eigenvalue weighted by molar-refractivity contribution is 9.10. The molecule has 0 amide bonds. The first-order valence-corrected chi connectivity index (χ1v) is 7.16. The first-order chi connectivity index (χ1) is 9.02. The van der Waals surface area contributed by atoms with Gasteiger partial charge in [-0.05, 0) is 45.8 Å². The molecule has 2 aromatic rings. The zero-order chi connectivity index (χ0) is 14.0. The molecule has 0 aliphatic carbocycles. The van der Waals surface area contributed by atoms with Gasteiger partial charge in [-0.25, -0.2) is 8.78 Å². The zero-order valence-electron chi connectivity index (χ0n) is 9.96. The second-order valence-corrected chi connectivity index (χ2v) is 5.69. The van der Waals surface area contributed by atoms with Crippen LogP contribution in [0.1, 0.15) is 16.0 Å². The normalized spacial score (nSPS) is 12.3. The predicted octanol–water partition coefficient (Wildman–Crippen LogP) is 5.22. The summed E-state index contributed by atoms with van der Waals surface area (Å²) in [6.07, 6.45) is 0. The van der Waals surface area contributed by atoms with E-state index in [2.05, 4.69) is 31.9 Å². The number of methoxy groups -OCH3 is 1. The molecule has 0 bridgehead atoms. The van der Waals surface area contributed by atoms with E-state index in [1.807, 2.05) is 0 Å². The molecular weight excluding hydrogens is 382 g/mol. The van der Waals surface area contributed by atoms with Crippen LogP contribution in [0.3, 0.4) is 0 Å². The highest BCUT2D eigenvalue weighted by atomic mass is 79.9. The van der Waals surface area contributed by atoms with Gasteiger partial charge >= 0.3 is 0 Å². The fraction of sp³-hybridized carbons (Fsp3) is 0.143.